The van der Waals surface area contributed by atoms with Crippen molar-refractivity contribution in [1.82, 2.24) is 4.90 Å². The smallest absolute Gasteiger partial charge is 0.412 e. The van der Waals surface area contributed by atoms with Gasteiger partial charge in [-0.15, -0.1) is 0 Å². The molecule has 11 nitrogen and oxygen atoms in total. The van der Waals surface area contributed by atoms with Gasteiger partial charge in [-0.2, -0.15) is 0 Å². The molecule has 3 fully saturated rings. The lowest BCUT2D eigenvalue weighted by Crippen LogP contribution is -2.51. The van der Waals surface area contributed by atoms with Crippen molar-refractivity contribution >= 4 is 18.0 Å². The standard InChI is InChI=1S/C41H71NO10/c1-32(43)49-34-26-28-41(50-35(37(34)51-41)24-20-16-15-17-21-25-36(44)45)27-22-18-13-11-9-7-8-10-12-14-19-23-29-47-30-33-31-48-40(5,6)42(33)38(46)52-39(2,3)4/h21,25,33-35,37H,7-20,22-24,26-31H2,1-6H3,(H,44,45)/b25-21+/t33-,34+,35+,37-,41-/m0/s1. The molecule has 0 aromatic rings. The zero-order chi connectivity index (χ0) is 38.0. The van der Waals surface area contributed by atoms with Crippen LogP contribution in [0.3, 0.4) is 0 Å². The molecule has 2 bridgehead atoms. The highest BCUT2D eigenvalue weighted by molar-refractivity contribution is 5.79. The van der Waals surface area contributed by atoms with Crippen molar-refractivity contribution in [2.45, 2.75) is 211 Å². The molecule has 0 aliphatic carbocycles. The van der Waals surface area contributed by atoms with Gasteiger partial charge in [0, 0.05) is 32.4 Å². The van der Waals surface area contributed by atoms with E-state index in [1.807, 2.05) is 34.6 Å². The summed E-state index contributed by atoms with van der Waals surface area (Å²) in [5.41, 5.74) is -1.25. The zero-order valence-corrected chi connectivity index (χ0v) is 33.3. The van der Waals surface area contributed by atoms with Gasteiger partial charge in [0.15, 0.2) is 5.79 Å². The number of amides is 1. The molecule has 5 atom stereocenters. The number of rotatable bonds is 25. The molecule has 3 rings (SSSR count). The van der Waals surface area contributed by atoms with E-state index in [0.717, 1.165) is 70.6 Å². The summed E-state index contributed by atoms with van der Waals surface area (Å²) in [4.78, 5) is 36.8. The van der Waals surface area contributed by atoms with Crippen LogP contribution in [0.5, 0.6) is 0 Å². The number of unbranched alkanes of at least 4 members (excludes halogenated alkanes) is 14. The molecule has 3 heterocycles. The van der Waals surface area contributed by atoms with E-state index < -0.39 is 23.1 Å². The van der Waals surface area contributed by atoms with Gasteiger partial charge < -0.3 is 33.5 Å². The normalized spacial score (nSPS) is 25.5. The monoisotopic (exact) mass is 738 g/mol. The highest BCUT2D eigenvalue weighted by Crippen LogP contribution is 2.45. The van der Waals surface area contributed by atoms with Crippen LogP contribution in [-0.2, 0) is 38.0 Å². The second kappa shape index (κ2) is 22.2. The van der Waals surface area contributed by atoms with Crippen LogP contribution < -0.4 is 0 Å². The van der Waals surface area contributed by atoms with E-state index in [-0.39, 0.29) is 36.4 Å². The summed E-state index contributed by atoms with van der Waals surface area (Å²) < 4.78 is 36.1. The van der Waals surface area contributed by atoms with Gasteiger partial charge in [0.05, 0.1) is 25.4 Å². The molecule has 0 aromatic heterocycles. The number of ether oxygens (including phenoxy) is 6. The lowest BCUT2D eigenvalue weighted by Gasteiger charge is -2.35. The maximum atomic E-state index is 12.8. The summed E-state index contributed by atoms with van der Waals surface area (Å²) >= 11 is 0. The van der Waals surface area contributed by atoms with Gasteiger partial charge >= 0.3 is 18.0 Å². The third-order valence-corrected chi connectivity index (χ3v) is 10.3. The van der Waals surface area contributed by atoms with E-state index in [1.165, 1.54) is 70.8 Å². The molecule has 11 heteroatoms. The molecule has 0 spiro atoms. The van der Waals surface area contributed by atoms with Crippen molar-refractivity contribution in [2.24, 2.45) is 0 Å². The van der Waals surface area contributed by atoms with E-state index in [4.69, 9.17) is 33.5 Å². The number of carbonyl (C=O) groups excluding carboxylic acids is 2. The number of allylic oxidation sites excluding steroid dienone is 1. The van der Waals surface area contributed by atoms with Gasteiger partial charge in [0.2, 0.25) is 0 Å². The van der Waals surface area contributed by atoms with Gasteiger partial charge in [-0.3, -0.25) is 9.69 Å². The van der Waals surface area contributed by atoms with Crippen LogP contribution in [-0.4, -0.2) is 89.3 Å². The fourth-order valence-electron chi connectivity index (χ4n) is 7.70. The number of hydrogen-bond acceptors (Lipinski definition) is 9. The number of esters is 1. The number of hydrogen-bond donors (Lipinski definition) is 1. The summed E-state index contributed by atoms with van der Waals surface area (Å²) in [6, 6.07) is -0.134. The third-order valence-electron chi connectivity index (χ3n) is 10.3. The van der Waals surface area contributed by atoms with Gasteiger partial charge in [-0.25, -0.2) is 9.59 Å². The molecular formula is C41H71NO10. The van der Waals surface area contributed by atoms with Crippen LogP contribution >= 0.6 is 0 Å². The molecule has 52 heavy (non-hydrogen) atoms. The molecule has 0 aromatic carbocycles. The van der Waals surface area contributed by atoms with Gasteiger partial charge in [0.25, 0.3) is 0 Å². The van der Waals surface area contributed by atoms with E-state index >= 15 is 0 Å². The van der Waals surface area contributed by atoms with Crippen molar-refractivity contribution in [3.05, 3.63) is 12.2 Å². The Morgan fingerprint density at radius 3 is 2.10 bits per heavy atom. The molecule has 1 amide bonds. The van der Waals surface area contributed by atoms with Crippen LogP contribution in [0.1, 0.15) is 170 Å². The SMILES string of the molecule is CC(=O)O[C@@H]1CC[C@]2(CCCCCCCCCCCCCCOC[C@H]3COC(C)(C)N3C(=O)OC(C)(C)C)O[C@@H]1[C@@H](CCCCC/C=C/C(=O)O)O2. The van der Waals surface area contributed by atoms with E-state index in [9.17, 15) is 14.4 Å². The van der Waals surface area contributed by atoms with Crippen molar-refractivity contribution in [1.29, 1.82) is 0 Å². The average molecular weight is 738 g/mol. The van der Waals surface area contributed by atoms with E-state index in [1.54, 1.807) is 11.0 Å². The van der Waals surface area contributed by atoms with Crippen LogP contribution in [0.2, 0.25) is 0 Å². The fourth-order valence-corrected chi connectivity index (χ4v) is 7.70. The molecular weight excluding hydrogens is 666 g/mol. The van der Waals surface area contributed by atoms with Gasteiger partial charge in [-0.1, -0.05) is 83.1 Å². The average Bonchev–Trinajstić information content (AvgIpc) is 3.53. The molecule has 0 saturated carbocycles. The quantitative estimate of drug-likeness (QED) is 0.0550. The summed E-state index contributed by atoms with van der Waals surface area (Å²) in [7, 11) is 0. The first-order valence-electron chi connectivity index (χ1n) is 20.4. The first-order valence-corrected chi connectivity index (χ1v) is 20.4. The van der Waals surface area contributed by atoms with Crippen molar-refractivity contribution < 1.29 is 47.9 Å². The lowest BCUT2D eigenvalue weighted by atomic mass is 9.94. The molecule has 0 unspecified atom stereocenters. The predicted molar refractivity (Wildman–Crippen MR) is 200 cm³/mol. The highest BCUT2D eigenvalue weighted by Gasteiger charge is 2.54. The largest absolute Gasteiger partial charge is 0.478 e. The van der Waals surface area contributed by atoms with Crippen LogP contribution in [0.4, 0.5) is 4.79 Å². The minimum atomic E-state index is -0.906. The summed E-state index contributed by atoms with van der Waals surface area (Å²) in [5, 5.41) is 8.73. The second-order valence-corrected chi connectivity index (χ2v) is 16.5. The summed E-state index contributed by atoms with van der Waals surface area (Å²) in [6.45, 7) is 12.5. The second-order valence-electron chi connectivity index (χ2n) is 16.5. The Morgan fingerprint density at radius 2 is 1.48 bits per heavy atom. The van der Waals surface area contributed by atoms with Crippen molar-refractivity contribution in [3.63, 3.8) is 0 Å². The third kappa shape index (κ3) is 16.0. The number of fused-ring (bicyclic) bond motifs is 2. The maximum absolute atomic E-state index is 12.8. The molecule has 300 valence electrons. The van der Waals surface area contributed by atoms with Crippen molar-refractivity contribution in [3.8, 4) is 0 Å². The number of carbonyl (C=O) groups is 3. The van der Waals surface area contributed by atoms with Crippen LogP contribution in [0.25, 0.3) is 0 Å². The van der Waals surface area contributed by atoms with Crippen LogP contribution in [0.15, 0.2) is 12.2 Å². The predicted octanol–water partition coefficient (Wildman–Crippen LogP) is 9.24. The summed E-state index contributed by atoms with van der Waals surface area (Å²) in [6.07, 6.45) is 23.6. The first-order chi connectivity index (χ1) is 24.7. The Kier molecular flexibility index (Phi) is 18.9. The lowest BCUT2D eigenvalue weighted by molar-refractivity contribution is -0.220. The Labute approximate surface area is 313 Å². The molecule has 3 aliphatic rings. The minimum Gasteiger partial charge on any atom is -0.478 e. The Bertz CT molecular complexity index is 1100. The van der Waals surface area contributed by atoms with Crippen LogP contribution in [0, 0.1) is 0 Å². The zero-order valence-electron chi connectivity index (χ0n) is 33.3. The summed E-state index contributed by atoms with van der Waals surface area (Å²) in [5.74, 6) is -1.73. The topological polar surface area (TPSA) is 130 Å². The van der Waals surface area contributed by atoms with E-state index in [2.05, 4.69) is 0 Å². The maximum Gasteiger partial charge on any atom is 0.412 e. The number of aliphatic carboxylic acids is 1. The fraction of sp³-hybridized carbons (Fsp3) is 0.878. The molecule has 1 N–H and O–H groups in total. The van der Waals surface area contributed by atoms with Gasteiger partial charge in [0.1, 0.15) is 23.5 Å². The number of nitrogens with zero attached hydrogens (tertiary/aromatic N) is 1. The number of carboxylic acid groups (broad SMARTS) is 1. The molecule has 3 aliphatic heterocycles. The highest BCUT2D eigenvalue weighted by atomic mass is 16.8. The number of carboxylic acids is 1. The molecule has 3 saturated heterocycles. The van der Waals surface area contributed by atoms with Gasteiger partial charge in [-0.05, 0) is 73.1 Å². The Morgan fingerprint density at radius 1 is 0.865 bits per heavy atom. The minimum absolute atomic E-state index is 0.0709. The first kappa shape index (κ1) is 44.2. The Hall–Kier alpha value is -2.21. The Balaban J connectivity index is 1.17. The van der Waals surface area contributed by atoms with Crippen molar-refractivity contribution in [2.75, 3.05) is 19.8 Å². The molecule has 0 radical (unpaired) electrons. The van der Waals surface area contributed by atoms with E-state index in [0.29, 0.717) is 19.8 Å².